The highest BCUT2D eigenvalue weighted by Crippen LogP contribution is 2.19. The van der Waals surface area contributed by atoms with Gasteiger partial charge in [-0.15, -0.1) is 0 Å². The Bertz CT molecular complexity index is 630. The molecule has 0 aliphatic rings. The van der Waals surface area contributed by atoms with Gasteiger partial charge in [-0.1, -0.05) is 42.5 Å². The standard InChI is InChI=1S/C19H23FN2O/c1-15(17-8-5-9-18(20)14-17)19(23)22(13-11-21)12-10-16-6-3-2-4-7-16/h2-9,14-15H,10-13,21H2,1H3. The molecule has 0 saturated heterocycles. The van der Waals surface area contributed by atoms with Gasteiger partial charge in [0.2, 0.25) is 5.91 Å². The van der Waals surface area contributed by atoms with Crippen molar-refractivity contribution in [3.8, 4) is 0 Å². The minimum atomic E-state index is -0.381. The van der Waals surface area contributed by atoms with Gasteiger partial charge in [0, 0.05) is 19.6 Å². The van der Waals surface area contributed by atoms with Gasteiger partial charge in [-0.2, -0.15) is 0 Å². The number of hydrogen-bond acceptors (Lipinski definition) is 2. The smallest absolute Gasteiger partial charge is 0.229 e. The normalized spacial score (nSPS) is 12.0. The van der Waals surface area contributed by atoms with Gasteiger partial charge >= 0.3 is 0 Å². The maximum absolute atomic E-state index is 13.4. The van der Waals surface area contributed by atoms with E-state index in [4.69, 9.17) is 5.73 Å². The van der Waals surface area contributed by atoms with Gasteiger partial charge < -0.3 is 10.6 Å². The van der Waals surface area contributed by atoms with E-state index in [2.05, 4.69) is 0 Å². The van der Waals surface area contributed by atoms with Crippen LogP contribution >= 0.6 is 0 Å². The fourth-order valence-corrected chi connectivity index (χ4v) is 2.59. The van der Waals surface area contributed by atoms with E-state index in [1.165, 1.54) is 17.7 Å². The zero-order valence-electron chi connectivity index (χ0n) is 13.4. The lowest BCUT2D eigenvalue weighted by molar-refractivity contribution is -0.132. The summed E-state index contributed by atoms with van der Waals surface area (Å²) in [6, 6.07) is 16.2. The van der Waals surface area contributed by atoms with E-state index in [1.807, 2.05) is 37.3 Å². The molecule has 4 heteroatoms. The number of rotatable bonds is 7. The van der Waals surface area contributed by atoms with Crippen molar-refractivity contribution in [1.29, 1.82) is 0 Å². The summed E-state index contributed by atoms with van der Waals surface area (Å²) < 4.78 is 13.4. The fraction of sp³-hybridized carbons (Fsp3) is 0.316. The van der Waals surface area contributed by atoms with E-state index >= 15 is 0 Å². The number of carbonyl (C=O) groups excluding carboxylic acids is 1. The van der Waals surface area contributed by atoms with Crippen LogP contribution < -0.4 is 5.73 Å². The molecule has 0 radical (unpaired) electrons. The van der Waals surface area contributed by atoms with Crippen LogP contribution in [0.15, 0.2) is 54.6 Å². The van der Waals surface area contributed by atoms with Gasteiger partial charge in [0.15, 0.2) is 0 Å². The molecule has 23 heavy (non-hydrogen) atoms. The topological polar surface area (TPSA) is 46.3 Å². The fourth-order valence-electron chi connectivity index (χ4n) is 2.59. The van der Waals surface area contributed by atoms with Crippen molar-refractivity contribution < 1.29 is 9.18 Å². The van der Waals surface area contributed by atoms with Crippen LogP contribution in [0, 0.1) is 5.82 Å². The van der Waals surface area contributed by atoms with Crippen LogP contribution in [0.25, 0.3) is 0 Å². The number of nitrogens with zero attached hydrogens (tertiary/aromatic N) is 1. The molecule has 122 valence electrons. The summed E-state index contributed by atoms with van der Waals surface area (Å²) in [5, 5.41) is 0. The number of hydrogen-bond donors (Lipinski definition) is 1. The molecule has 0 bridgehead atoms. The summed E-state index contributed by atoms with van der Waals surface area (Å²) in [6.45, 7) is 3.34. The second kappa shape index (κ2) is 8.44. The molecule has 0 aromatic heterocycles. The van der Waals surface area contributed by atoms with Gasteiger partial charge in [0.1, 0.15) is 5.82 Å². The Morgan fingerprint density at radius 3 is 2.52 bits per heavy atom. The van der Waals surface area contributed by atoms with Crippen molar-refractivity contribution in [2.24, 2.45) is 5.73 Å². The first kappa shape index (κ1) is 17.2. The number of halogens is 1. The second-order valence-corrected chi connectivity index (χ2v) is 5.63. The lowest BCUT2D eigenvalue weighted by Crippen LogP contribution is -2.39. The molecule has 0 heterocycles. The zero-order valence-corrected chi connectivity index (χ0v) is 13.4. The molecule has 0 saturated carbocycles. The summed E-state index contributed by atoms with van der Waals surface area (Å²) in [6.07, 6.45) is 0.780. The third-order valence-electron chi connectivity index (χ3n) is 3.94. The first-order valence-electron chi connectivity index (χ1n) is 7.90. The van der Waals surface area contributed by atoms with Crippen LogP contribution in [-0.2, 0) is 11.2 Å². The van der Waals surface area contributed by atoms with E-state index in [1.54, 1.807) is 17.0 Å². The Labute approximate surface area is 136 Å². The SMILES string of the molecule is CC(C(=O)N(CCN)CCc1ccccc1)c1cccc(F)c1. The molecule has 2 N–H and O–H groups in total. The predicted octanol–water partition coefficient (Wildman–Crippen LogP) is 2.96. The molecular weight excluding hydrogens is 291 g/mol. The van der Waals surface area contributed by atoms with Gasteiger partial charge in [0.25, 0.3) is 0 Å². The molecule has 0 aliphatic carbocycles. The van der Waals surface area contributed by atoms with Gasteiger partial charge in [-0.05, 0) is 36.6 Å². The molecule has 1 atom stereocenters. The highest BCUT2D eigenvalue weighted by molar-refractivity contribution is 5.83. The number of nitrogens with two attached hydrogens (primary N) is 1. The zero-order chi connectivity index (χ0) is 16.7. The number of amides is 1. The van der Waals surface area contributed by atoms with E-state index in [0.717, 1.165) is 6.42 Å². The van der Waals surface area contributed by atoms with Crippen LogP contribution in [-0.4, -0.2) is 30.4 Å². The molecule has 0 fully saturated rings. The molecular formula is C19H23FN2O. The number of benzene rings is 2. The van der Waals surface area contributed by atoms with Crippen LogP contribution in [0.2, 0.25) is 0 Å². The van der Waals surface area contributed by atoms with E-state index in [0.29, 0.717) is 25.2 Å². The van der Waals surface area contributed by atoms with Crippen molar-refractivity contribution in [1.82, 2.24) is 4.90 Å². The van der Waals surface area contributed by atoms with Gasteiger partial charge in [-0.3, -0.25) is 4.79 Å². The monoisotopic (exact) mass is 314 g/mol. The van der Waals surface area contributed by atoms with Gasteiger partial charge in [0.05, 0.1) is 5.92 Å². The molecule has 0 aliphatic heterocycles. The largest absolute Gasteiger partial charge is 0.341 e. The summed E-state index contributed by atoms with van der Waals surface area (Å²) in [4.78, 5) is 14.5. The van der Waals surface area contributed by atoms with Crippen molar-refractivity contribution in [2.45, 2.75) is 19.3 Å². The molecule has 0 spiro atoms. The summed E-state index contributed by atoms with van der Waals surface area (Å²) in [5.41, 5.74) is 7.52. The highest BCUT2D eigenvalue weighted by atomic mass is 19.1. The third-order valence-corrected chi connectivity index (χ3v) is 3.94. The van der Waals surface area contributed by atoms with Crippen molar-refractivity contribution >= 4 is 5.91 Å². The molecule has 3 nitrogen and oxygen atoms in total. The third kappa shape index (κ3) is 4.89. The summed E-state index contributed by atoms with van der Waals surface area (Å²) in [7, 11) is 0. The number of carbonyl (C=O) groups is 1. The average Bonchev–Trinajstić information content (AvgIpc) is 2.58. The first-order chi connectivity index (χ1) is 11.1. The molecule has 2 rings (SSSR count). The molecule has 2 aromatic carbocycles. The Balaban J connectivity index is 2.05. The highest BCUT2D eigenvalue weighted by Gasteiger charge is 2.21. The molecule has 2 aromatic rings. The van der Waals surface area contributed by atoms with Crippen LogP contribution in [0.5, 0.6) is 0 Å². The Kier molecular flexibility index (Phi) is 6.29. The quantitative estimate of drug-likeness (QED) is 0.854. The van der Waals surface area contributed by atoms with Gasteiger partial charge in [-0.25, -0.2) is 4.39 Å². The summed E-state index contributed by atoms with van der Waals surface area (Å²) >= 11 is 0. The Morgan fingerprint density at radius 2 is 1.87 bits per heavy atom. The Morgan fingerprint density at radius 1 is 1.13 bits per heavy atom. The van der Waals surface area contributed by atoms with E-state index < -0.39 is 0 Å². The van der Waals surface area contributed by atoms with E-state index in [9.17, 15) is 9.18 Å². The van der Waals surface area contributed by atoms with E-state index in [-0.39, 0.29) is 17.6 Å². The van der Waals surface area contributed by atoms with Crippen LogP contribution in [0.3, 0.4) is 0 Å². The minimum absolute atomic E-state index is 0.0167. The van der Waals surface area contributed by atoms with Crippen molar-refractivity contribution in [3.63, 3.8) is 0 Å². The predicted molar refractivity (Wildman–Crippen MR) is 90.6 cm³/mol. The average molecular weight is 314 g/mol. The minimum Gasteiger partial charge on any atom is -0.341 e. The summed E-state index contributed by atoms with van der Waals surface area (Å²) in [5.74, 6) is -0.721. The molecule has 1 amide bonds. The van der Waals surface area contributed by atoms with Crippen LogP contribution in [0.4, 0.5) is 4.39 Å². The van der Waals surface area contributed by atoms with Crippen molar-refractivity contribution in [3.05, 3.63) is 71.5 Å². The molecule has 1 unspecified atom stereocenters. The second-order valence-electron chi connectivity index (χ2n) is 5.63. The van der Waals surface area contributed by atoms with Crippen molar-refractivity contribution in [2.75, 3.05) is 19.6 Å². The first-order valence-corrected chi connectivity index (χ1v) is 7.90. The lowest BCUT2D eigenvalue weighted by atomic mass is 9.99. The van der Waals surface area contributed by atoms with Crippen LogP contribution in [0.1, 0.15) is 24.0 Å². The maximum Gasteiger partial charge on any atom is 0.229 e. The Hall–Kier alpha value is -2.20. The maximum atomic E-state index is 13.4. The lowest BCUT2D eigenvalue weighted by Gasteiger charge is -2.25.